The van der Waals surface area contributed by atoms with E-state index in [0.717, 1.165) is 17.1 Å². The Morgan fingerprint density at radius 3 is 2.50 bits per heavy atom. The van der Waals surface area contributed by atoms with E-state index in [1.165, 1.54) is 0 Å². The number of hydrazine groups is 1. The minimum atomic E-state index is 0. The third-order valence-corrected chi connectivity index (χ3v) is 1.78. The number of hydrogen-bond donors (Lipinski definition) is 2. The quantitative estimate of drug-likeness (QED) is 0.587. The van der Waals surface area contributed by atoms with Gasteiger partial charge in [0.2, 0.25) is 0 Å². The van der Waals surface area contributed by atoms with Crippen LogP contribution in [0.15, 0.2) is 18.2 Å². The third-order valence-electron chi connectivity index (χ3n) is 1.78. The highest BCUT2D eigenvalue weighted by molar-refractivity contribution is 5.85. The number of nitrogens with two attached hydrogens (primary N) is 1. The summed E-state index contributed by atoms with van der Waals surface area (Å²) in [5, 5.41) is 0. The van der Waals surface area contributed by atoms with Crippen molar-refractivity contribution < 1.29 is 9.47 Å². The van der Waals surface area contributed by atoms with E-state index in [4.69, 9.17) is 15.3 Å². The lowest BCUT2D eigenvalue weighted by Crippen LogP contribution is -2.21. The van der Waals surface area contributed by atoms with Crippen molar-refractivity contribution in [3.05, 3.63) is 23.8 Å². The summed E-state index contributed by atoms with van der Waals surface area (Å²) in [6.07, 6.45) is 0. The Bertz CT molecular complexity index is 282. The van der Waals surface area contributed by atoms with Crippen LogP contribution in [0.2, 0.25) is 0 Å². The summed E-state index contributed by atoms with van der Waals surface area (Å²) in [5.41, 5.74) is 3.55. The van der Waals surface area contributed by atoms with Crippen molar-refractivity contribution in [3.63, 3.8) is 0 Å². The van der Waals surface area contributed by atoms with Crippen LogP contribution in [0.25, 0.3) is 0 Å². The highest BCUT2D eigenvalue weighted by Crippen LogP contribution is 2.23. The lowest BCUT2D eigenvalue weighted by molar-refractivity contribution is 0.397. The van der Waals surface area contributed by atoms with Gasteiger partial charge in [-0.3, -0.25) is 11.3 Å². The van der Waals surface area contributed by atoms with Crippen LogP contribution in [-0.2, 0) is 6.54 Å². The van der Waals surface area contributed by atoms with Crippen molar-refractivity contribution in [2.45, 2.75) is 6.54 Å². The Morgan fingerprint density at radius 2 is 2.00 bits per heavy atom. The molecule has 3 N–H and O–H groups in total. The van der Waals surface area contributed by atoms with Gasteiger partial charge in [0.15, 0.2) is 0 Å². The van der Waals surface area contributed by atoms with E-state index in [0.29, 0.717) is 6.54 Å². The summed E-state index contributed by atoms with van der Waals surface area (Å²) in [6, 6.07) is 5.59. The molecule has 0 atom stereocenters. The van der Waals surface area contributed by atoms with Gasteiger partial charge in [0.1, 0.15) is 11.5 Å². The second kappa shape index (κ2) is 6.48. The van der Waals surface area contributed by atoms with Gasteiger partial charge in [0.05, 0.1) is 14.2 Å². The van der Waals surface area contributed by atoms with Crippen molar-refractivity contribution in [1.29, 1.82) is 0 Å². The van der Waals surface area contributed by atoms with Crippen LogP contribution in [-0.4, -0.2) is 14.2 Å². The monoisotopic (exact) mass is 218 g/mol. The zero-order valence-electron chi connectivity index (χ0n) is 8.24. The number of rotatable bonds is 4. The fourth-order valence-corrected chi connectivity index (χ4v) is 1.13. The molecule has 1 rings (SSSR count). The first-order valence-electron chi connectivity index (χ1n) is 3.96. The Labute approximate surface area is 89.8 Å². The maximum Gasteiger partial charge on any atom is 0.123 e. The van der Waals surface area contributed by atoms with Gasteiger partial charge in [-0.2, -0.15) is 0 Å². The van der Waals surface area contributed by atoms with Gasteiger partial charge in [-0.1, -0.05) is 0 Å². The van der Waals surface area contributed by atoms with Gasteiger partial charge < -0.3 is 9.47 Å². The van der Waals surface area contributed by atoms with Crippen LogP contribution in [0.5, 0.6) is 11.5 Å². The molecule has 1 aromatic rings. The van der Waals surface area contributed by atoms with Gasteiger partial charge >= 0.3 is 0 Å². The van der Waals surface area contributed by atoms with E-state index < -0.39 is 0 Å². The third kappa shape index (κ3) is 3.06. The molecule has 14 heavy (non-hydrogen) atoms. The zero-order chi connectivity index (χ0) is 9.68. The summed E-state index contributed by atoms with van der Waals surface area (Å²) >= 11 is 0. The predicted octanol–water partition coefficient (Wildman–Crippen LogP) is 1.09. The zero-order valence-corrected chi connectivity index (χ0v) is 9.06. The fraction of sp³-hybridized carbons (Fsp3) is 0.333. The van der Waals surface area contributed by atoms with Crippen molar-refractivity contribution in [2.75, 3.05) is 14.2 Å². The Balaban J connectivity index is 0.00000169. The smallest absolute Gasteiger partial charge is 0.123 e. The molecule has 0 saturated heterocycles. The van der Waals surface area contributed by atoms with Crippen molar-refractivity contribution in [1.82, 2.24) is 5.43 Å². The second-order valence-electron chi connectivity index (χ2n) is 2.56. The molecule has 0 amide bonds. The number of hydrogen-bond acceptors (Lipinski definition) is 4. The first kappa shape index (κ1) is 13.0. The summed E-state index contributed by atoms with van der Waals surface area (Å²) in [7, 11) is 3.25. The first-order chi connectivity index (χ1) is 6.31. The molecule has 1 aromatic carbocycles. The van der Waals surface area contributed by atoms with Crippen LogP contribution in [0, 0.1) is 0 Å². The van der Waals surface area contributed by atoms with Crippen LogP contribution in [0.4, 0.5) is 0 Å². The molecule has 0 fully saturated rings. The molecule has 80 valence electrons. The molecule has 0 aliphatic rings. The maximum atomic E-state index is 5.23. The Hall–Kier alpha value is -0.970. The average Bonchev–Trinajstić information content (AvgIpc) is 2.18. The number of halogens is 1. The average molecular weight is 219 g/mol. The van der Waals surface area contributed by atoms with Gasteiger partial charge in [-0.05, 0) is 18.2 Å². The summed E-state index contributed by atoms with van der Waals surface area (Å²) < 4.78 is 10.2. The molecule has 0 saturated carbocycles. The number of methoxy groups -OCH3 is 2. The molecule has 0 aliphatic carbocycles. The minimum Gasteiger partial charge on any atom is -0.497 e. The number of benzene rings is 1. The van der Waals surface area contributed by atoms with E-state index in [9.17, 15) is 0 Å². The molecule has 0 unspecified atom stereocenters. The molecular weight excluding hydrogens is 204 g/mol. The molecule has 0 heterocycles. The van der Waals surface area contributed by atoms with Crippen LogP contribution in [0.3, 0.4) is 0 Å². The molecule has 0 spiro atoms. The van der Waals surface area contributed by atoms with Crippen molar-refractivity contribution in [2.24, 2.45) is 5.84 Å². The van der Waals surface area contributed by atoms with Crippen LogP contribution in [0.1, 0.15) is 5.56 Å². The standard InChI is InChI=1S/C9H14N2O2.ClH/c1-12-8-3-4-9(13-2)7(5-8)6-11-10;/h3-5,11H,6,10H2,1-2H3;1H. The van der Waals surface area contributed by atoms with Gasteiger partial charge in [0.25, 0.3) is 0 Å². The topological polar surface area (TPSA) is 56.5 Å². The number of ether oxygens (including phenoxy) is 2. The SMILES string of the molecule is COc1ccc(OC)c(CNN)c1.Cl. The molecule has 0 radical (unpaired) electrons. The second-order valence-corrected chi connectivity index (χ2v) is 2.56. The lowest BCUT2D eigenvalue weighted by Gasteiger charge is -2.09. The highest BCUT2D eigenvalue weighted by Gasteiger charge is 2.03. The highest BCUT2D eigenvalue weighted by atomic mass is 35.5. The van der Waals surface area contributed by atoms with Crippen LogP contribution >= 0.6 is 12.4 Å². The lowest BCUT2D eigenvalue weighted by atomic mass is 10.2. The molecule has 0 bridgehead atoms. The van der Waals surface area contributed by atoms with E-state index in [1.807, 2.05) is 18.2 Å². The van der Waals surface area contributed by atoms with E-state index in [-0.39, 0.29) is 12.4 Å². The van der Waals surface area contributed by atoms with Crippen LogP contribution < -0.4 is 20.7 Å². The fourth-order valence-electron chi connectivity index (χ4n) is 1.13. The van der Waals surface area contributed by atoms with E-state index in [1.54, 1.807) is 14.2 Å². The number of nitrogens with one attached hydrogen (secondary N) is 1. The first-order valence-corrected chi connectivity index (χ1v) is 3.96. The van der Waals surface area contributed by atoms with Crippen molar-refractivity contribution in [3.8, 4) is 11.5 Å². The molecule has 5 heteroatoms. The summed E-state index contributed by atoms with van der Waals surface area (Å²) in [4.78, 5) is 0. The predicted molar refractivity (Wildman–Crippen MR) is 57.8 cm³/mol. The summed E-state index contributed by atoms with van der Waals surface area (Å²) in [6.45, 7) is 0.556. The minimum absolute atomic E-state index is 0. The molecule has 0 aromatic heterocycles. The molecular formula is C9H15ClN2O2. The van der Waals surface area contributed by atoms with Crippen molar-refractivity contribution >= 4 is 12.4 Å². The normalized spacial score (nSPS) is 9.07. The molecule has 4 nitrogen and oxygen atoms in total. The Morgan fingerprint density at radius 1 is 1.29 bits per heavy atom. The van der Waals surface area contributed by atoms with E-state index in [2.05, 4.69) is 5.43 Å². The maximum absolute atomic E-state index is 5.23. The van der Waals surface area contributed by atoms with Gasteiger partial charge in [-0.15, -0.1) is 12.4 Å². The molecule has 0 aliphatic heterocycles. The van der Waals surface area contributed by atoms with Gasteiger partial charge in [0, 0.05) is 12.1 Å². The van der Waals surface area contributed by atoms with Gasteiger partial charge in [-0.25, -0.2) is 0 Å². The Kier molecular flexibility index (Phi) is 6.03. The van der Waals surface area contributed by atoms with E-state index >= 15 is 0 Å². The largest absolute Gasteiger partial charge is 0.497 e. The summed E-state index contributed by atoms with van der Waals surface area (Å²) in [5.74, 6) is 6.83.